The summed E-state index contributed by atoms with van der Waals surface area (Å²) in [6.45, 7) is 3.04. The largest absolute Gasteiger partial charge is 0.388 e. The van der Waals surface area contributed by atoms with Crippen LogP contribution in [0.4, 0.5) is 0 Å². The highest BCUT2D eigenvalue weighted by atomic mass is 16.5. The van der Waals surface area contributed by atoms with Gasteiger partial charge in [0.15, 0.2) is 0 Å². The highest BCUT2D eigenvalue weighted by Crippen LogP contribution is 2.19. The lowest BCUT2D eigenvalue weighted by Gasteiger charge is -2.27. The summed E-state index contributed by atoms with van der Waals surface area (Å²) >= 11 is 0. The van der Waals surface area contributed by atoms with E-state index in [0.29, 0.717) is 13.2 Å². The van der Waals surface area contributed by atoms with Crippen molar-refractivity contribution in [2.45, 2.75) is 57.0 Å². The number of aliphatic hydroxyl groups excluding tert-OH is 1. The SMILES string of the molecule is COCC(C)OCC(O)COC1CCCC(N)C1. The molecular formula is C13H27NO4. The second kappa shape index (κ2) is 8.82. The molecule has 0 heterocycles. The quantitative estimate of drug-likeness (QED) is 0.672. The van der Waals surface area contributed by atoms with Gasteiger partial charge in [0.05, 0.1) is 32.0 Å². The number of hydrogen-bond donors (Lipinski definition) is 2. The molecule has 0 aromatic rings. The first-order chi connectivity index (χ1) is 8.61. The molecule has 4 unspecified atom stereocenters. The van der Waals surface area contributed by atoms with Crippen LogP contribution in [0.2, 0.25) is 0 Å². The van der Waals surface area contributed by atoms with E-state index in [2.05, 4.69) is 0 Å². The third kappa shape index (κ3) is 6.66. The summed E-state index contributed by atoms with van der Waals surface area (Å²) in [5.74, 6) is 0. The van der Waals surface area contributed by atoms with E-state index in [4.69, 9.17) is 19.9 Å². The number of hydrogen-bond acceptors (Lipinski definition) is 5. The lowest BCUT2D eigenvalue weighted by molar-refractivity contribution is -0.0759. The maximum atomic E-state index is 9.74. The first kappa shape index (κ1) is 15.9. The van der Waals surface area contributed by atoms with E-state index in [-0.39, 0.29) is 24.9 Å². The minimum atomic E-state index is -0.581. The van der Waals surface area contributed by atoms with E-state index in [1.54, 1.807) is 7.11 Å². The molecule has 18 heavy (non-hydrogen) atoms. The maximum absolute atomic E-state index is 9.74. The van der Waals surface area contributed by atoms with Gasteiger partial charge in [-0.3, -0.25) is 0 Å². The van der Waals surface area contributed by atoms with Crippen molar-refractivity contribution >= 4 is 0 Å². The number of aliphatic hydroxyl groups is 1. The molecule has 0 spiro atoms. The third-order valence-corrected chi connectivity index (χ3v) is 3.17. The monoisotopic (exact) mass is 261 g/mol. The molecule has 0 radical (unpaired) electrons. The van der Waals surface area contributed by atoms with Crippen LogP contribution in [0.5, 0.6) is 0 Å². The van der Waals surface area contributed by atoms with E-state index >= 15 is 0 Å². The normalized spacial score (nSPS) is 28.0. The van der Waals surface area contributed by atoms with Gasteiger partial charge in [0.25, 0.3) is 0 Å². The molecule has 1 aliphatic carbocycles. The van der Waals surface area contributed by atoms with Crippen LogP contribution in [0.15, 0.2) is 0 Å². The molecule has 0 aliphatic heterocycles. The Bertz CT molecular complexity index is 215. The molecule has 108 valence electrons. The zero-order valence-corrected chi connectivity index (χ0v) is 11.5. The molecule has 1 rings (SSSR count). The molecule has 4 atom stereocenters. The lowest BCUT2D eigenvalue weighted by atomic mass is 9.93. The summed E-state index contributed by atoms with van der Waals surface area (Å²) in [4.78, 5) is 0. The summed E-state index contributed by atoms with van der Waals surface area (Å²) in [5.41, 5.74) is 5.88. The molecule has 0 aromatic carbocycles. The zero-order valence-electron chi connectivity index (χ0n) is 11.5. The fraction of sp³-hybridized carbons (Fsp3) is 1.00. The van der Waals surface area contributed by atoms with Gasteiger partial charge >= 0.3 is 0 Å². The summed E-state index contributed by atoms with van der Waals surface area (Å²) in [5, 5.41) is 9.74. The van der Waals surface area contributed by atoms with Crippen LogP contribution in [0.3, 0.4) is 0 Å². The molecule has 0 bridgehead atoms. The van der Waals surface area contributed by atoms with E-state index < -0.39 is 6.10 Å². The van der Waals surface area contributed by atoms with Crippen LogP contribution < -0.4 is 5.73 Å². The van der Waals surface area contributed by atoms with Gasteiger partial charge in [-0.05, 0) is 32.6 Å². The van der Waals surface area contributed by atoms with Gasteiger partial charge in [0, 0.05) is 13.2 Å². The van der Waals surface area contributed by atoms with Gasteiger partial charge in [0.2, 0.25) is 0 Å². The first-order valence-electron chi connectivity index (χ1n) is 6.77. The topological polar surface area (TPSA) is 73.9 Å². The highest BCUT2D eigenvalue weighted by Gasteiger charge is 2.20. The molecule has 1 aliphatic rings. The molecule has 0 saturated heterocycles. The first-order valence-corrected chi connectivity index (χ1v) is 6.77. The van der Waals surface area contributed by atoms with Crippen molar-refractivity contribution in [2.24, 2.45) is 5.73 Å². The van der Waals surface area contributed by atoms with Gasteiger partial charge in [0.1, 0.15) is 6.10 Å². The number of ether oxygens (including phenoxy) is 3. The Morgan fingerprint density at radius 1 is 1.28 bits per heavy atom. The molecule has 1 saturated carbocycles. The van der Waals surface area contributed by atoms with Crippen LogP contribution >= 0.6 is 0 Å². The molecule has 1 fully saturated rings. The Balaban J connectivity index is 2.07. The Kier molecular flexibility index (Phi) is 7.77. The number of rotatable bonds is 8. The van der Waals surface area contributed by atoms with Gasteiger partial charge in [-0.25, -0.2) is 0 Å². The molecule has 3 N–H and O–H groups in total. The van der Waals surface area contributed by atoms with Crippen LogP contribution in [-0.2, 0) is 14.2 Å². The summed E-state index contributed by atoms with van der Waals surface area (Å²) in [6, 6.07) is 0.249. The average Bonchev–Trinajstić information content (AvgIpc) is 2.34. The predicted molar refractivity (Wildman–Crippen MR) is 69.5 cm³/mol. The fourth-order valence-corrected chi connectivity index (χ4v) is 2.19. The van der Waals surface area contributed by atoms with E-state index in [0.717, 1.165) is 25.7 Å². The van der Waals surface area contributed by atoms with Crippen LogP contribution in [0.1, 0.15) is 32.6 Å². The summed E-state index contributed by atoms with van der Waals surface area (Å²) in [6.07, 6.45) is 3.74. The van der Waals surface area contributed by atoms with Gasteiger partial charge in [-0.1, -0.05) is 0 Å². The number of nitrogens with two attached hydrogens (primary N) is 1. The average molecular weight is 261 g/mol. The van der Waals surface area contributed by atoms with Gasteiger partial charge < -0.3 is 25.1 Å². The van der Waals surface area contributed by atoms with Crippen molar-refractivity contribution in [1.29, 1.82) is 0 Å². The molecule has 5 heteroatoms. The van der Waals surface area contributed by atoms with Crippen LogP contribution in [0.25, 0.3) is 0 Å². The Morgan fingerprint density at radius 2 is 2.06 bits per heavy atom. The van der Waals surface area contributed by atoms with Crippen molar-refractivity contribution in [3.8, 4) is 0 Å². The maximum Gasteiger partial charge on any atom is 0.101 e. The Hall–Kier alpha value is -0.200. The fourth-order valence-electron chi connectivity index (χ4n) is 2.19. The van der Waals surface area contributed by atoms with Crippen molar-refractivity contribution < 1.29 is 19.3 Å². The van der Waals surface area contributed by atoms with E-state index in [9.17, 15) is 5.11 Å². The molecule has 5 nitrogen and oxygen atoms in total. The minimum absolute atomic E-state index is 0.00671. The van der Waals surface area contributed by atoms with Crippen LogP contribution in [-0.4, -0.2) is 56.4 Å². The molecular weight excluding hydrogens is 234 g/mol. The highest BCUT2D eigenvalue weighted by molar-refractivity contribution is 4.75. The van der Waals surface area contributed by atoms with E-state index in [1.165, 1.54) is 0 Å². The predicted octanol–water partition coefficient (Wildman–Crippen LogP) is 0.685. The lowest BCUT2D eigenvalue weighted by Crippen LogP contribution is -2.34. The second-order valence-corrected chi connectivity index (χ2v) is 5.14. The van der Waals surface area contributed by atoms with Gasteiger partial charge in [-0.15, -0.1) is 0 Å². The van der Waals surface area contributed by atoms with Crippen molar-refractivity contribution in [3.05, 3.63) is 0 Å². The zero-order chi connectivity index (χ0) is 13.4. The van der Waals surface area contributed by atoms with Crippen molar-refractivity contribution in [1.82, 2.24) is 0 Å². The van der Waals surface area contributed by atoms with Crippen molar-refractivity contribution in [3.63, 3.8) is 0 Å². The number of methoxy groups -OCH3 is 1. The second-order valence-electron chi connectivity index (χ2n) is 5.14. The molecule has 0 amide bonds. The Morgan fingerprint density at radius 3 is 2.72 bits per heavy atom. The minimum Gasteiger partial charge on any atom is -0.388 e. The standard InChI is InChI=1S/C13H27NO4/c1-10(7-16-2)17-8-12(15)9-18-13-5-3-4-11(14)6-13/h10-13,15H,3-9,14H2,1-2H3. The molecule has 0 aromatic heterocycles. The van der Waals surface area contributed by atoms with Gasteiger partial charge in [-0.2, -0.15) is 0 Å². The Labute approximate surface area is 110 Å². The summed E-state index contributed by atoms with van der Waals surface area (Å²) < 4.78 is 16.0. The third-order valence-electron chi connectivity index (χ3n) is 3.17. The van der Waals surface area contributed by atoms with Crippen molar-refractivity contribution in [2.75, 3.05) is 26.9 Å². The summed E-state index contributed by atoms with van der Waals surface area (Å²) in [7, 11) is 1.63. The van der Waals surface area contributed by atoms with Crippen LogP contribution in [0, 0.1) is 0 Å². The smallest absolute Gasteiger partial charge is 0.101 e. The van der Waals surface area contributed by atoms with E-state index in [1.807, 2.05) is 6.92 Å².